The average molecular weight is 407 g/mol. The smallest absolute Gasteiger partial charge is 0.190 e. The van der Waals surface area contributed by atoms with Crippen molar-refractivity contribution >= 4 is 29.9 Å². The van der Waals surface area contributed by atoms with E-state index in [0.29, 0.717) is 0 Å². The highest BCUT2D eigenvalue weighted by Crippen LogP contribution is 1.99. The van der Waals surface area contributed by atoms with Crippen molar-refractivity contribution in [2.45, 2.75) is 46.6 Å². The largest absolute Gasteiger partial charge is 0.356 e. The van der Waals surface area contributed by atoms with Crippen molar-refractivity contribution < 1.29 is 0 Å². The van der Waals surface area contributed by atoms with Gasteiger partial charge in [-0.1, -0.05) is 13.8 Å². The zero-order valence-electron chi connectivity index (χ0n) is 13.7. The van der Waals surface area contributed by atoms with Gasteiger partial charge in [-0.25, -0.2) is 4.98 Å². The summed E-state index contributed by atoms with van der Waals surface area (Å²) in [7, 11) is 1.82. The van der Waals surface area contributed by atoms with Gasteiger partial charge in [-0.15, -0.1) is 24.0 Å². The second kappa shape index (κ2) is 11.8. The van der Waals surface area contributed by atoms with E-state index in [4.69, 9.17) is 0 Å². The third-order valence-corrected chi connectivity index (χ3v) is 3.28. The third kappa shape index (κ3) is 8.95. The fourth-order valence-electron chi connectivity index (χ4n) is 1.95. The molecule has 0 amide bonds. The standard InChI is InChI=1S/C15H29N5.HI/c1-13(2)7-9-19-15(16-4)18-8-5-6-11-20-12-10-17-14(20)3;/h10,12-13H,5-9,11H2,1-4H3,(H2,16,18,19);1H. The molecule has 122 valence electrons. The molecule has 0 saturated heterocycles. The van der Waals surface area contributed by atoms with Crippen molar-refractivity contribution in [3.63, 3.8) is 0 Å². The zero-order chi connectivity index (χ0) is 14.8. The van der Waals surface area contributed by atoms with Crippen molar-refractivity contribution in [2.24, 2.45) is 10.9 Å². The lowest BCUT2D eigenvalue weighted by atomic mass is 10.1. The lowest BCUT2D eigenvalue weighted by Crippen LogP contribution is -2.38. The number of guanidine groups is 1. The molecule has 1 heterocycles. The minimum atomic E-state index is 0. The van der Waals surface area contributed by atoms with Gasteiger partial charge in [0.1, 0.15) is 5.82 Å². The first kappa shape index (κ1) is 20.2. The van der Waals surface area contributed by atoms with Crippen molar-refractivity contribution in [3.05, 3.63) is 18.2 Å². The molecule has 0 aliphatic heterocycles. The van der Waals surface area contributed by atoms with Crippen LogP contribution in [-0.2, 0) is 6.54 Å². The molecule has 0 fully saturated rings. The Morgan fingerprint density at radius 3 is 2.57 bits per heavy atom. The van der Waals surface area contributed by atoms with Crippen LogP contribution in [0.3, 0.4) is 0 Å². The molecule has 0 aromatic carbocycles. The van der Waals surface area contributed by atoms with Crippen LogP contribution < -0.4 is 10.6 Å². The molecule has 21 heavy (non-hydrogen) atoms. The summed E-state index contributed by atoms with van der Waals surface area (Å²) in [6, 6.07) is 0. The summed E-state index contributed by atoms with van der Waals surface area (Å²) in [5.41, 5.74) is 0. The summed E-state index contributed by atoms with van der Waals surface area (Å²) in [5, 5.41) is 6.69. The molecule has 5 nitrogen and oxygen atoms in total. The Kier molecular flexibility index (Phi) is 11.4. The molecule has 1 aromatic rings. The van der Waals surface area contributed by atoms with Crippen LogP contribution in [0.25, 0.3) is 0 Å². The normalized spacial score (nSPS) is 11.4. The molecule has 0 spiro atoms. The predicted octanol–water partition coefficient (Wildman–Crippen LogP) is 2.80. The summed E-state index contributed by atoms with van der Waals surface area (Å²) >= 11 is 0. The number of nitrogens with one attached hydrogen (secondary N) is 2. The Morgan fingerprint density at radius 2 is 2.00 bits per heavy atom. The Hall–Kier alpha value is -0.790. The van der Waals surface area contributed by atoms with E-state index in [9.17, 15) is 0 Å². The SMILES string of the molecule is CN=C(NCCCCn1ccnc1C)NCCC(C)C.I. The molecule has 0 bridgehead atoms. The summed E-state index contributed by atoms with van der Waals surface area (Å²) in [6.07, 6.45) is 7.33. The van der Waals surface area contributed by atoms with Crippen molar-refractivity contribution in [3.8, 4) is 0 Å². The lowest BCUT2D eigenvalue weighted by Gasteiger charge is -2.13. The topological polar surface area (TPSA) is 54.2 Å². The predicted molar refractivity (Wildman–Crippen MR) is 100 cm³/mol. The van der Waals surface area contributed by atoms with E-state index in [2.05, 4.69) is 39.0 Å². The van der Waals surface area contributed by atoms with Crippen molar-refractivity contribution in [1.29, 1.82) is 0 Å². The molecule has 0 atom stereocenters. The Balaban J connectivity index is 0.00000400. The number of hydrogen-bond acceptors (Lipinski definition) is 2. The number of imidazole rings is 1. The fourth-order valence-corrected chi connectivity index (χ4v) is 1.95. The van der Waals surface area contributed by atoms with Gasteiger partial charge < -0.3 is 15.2 Å². The summed E-state index contributed by atoms with van der Waals surface area (Å²) in [6.45, 7) is 9.47. The summed E-state index contributed by atoms with van der Waals surface area (Å²) < 4.78 is 2.19. The van der Waals surface area contributed by atoms with Crippen LogP contribution in [0.2, 0.25) is 0 Å². The number of aliphatic imine (C=N–C) groups is 1. The number of nitrogens with zero attached hydrogens (tertiary/aromatic N) is 3. The number of rotatable bonds is 8. The van der Waals surface area contributed by atoms with E-state index in [1.807, 2.05) is 26.4 Å². The second-order valence-corrected chi connectivity index (χ2v) is 5.48. The molecule has 0 unspecified atom stereocenters. The van der Waals surface area contributed by atoms with Gasteiger partial charge in [0.15, 0.2) is 5.96 Å². The Labute approximate surface area is 146 Å². The van der Waals surface area contributed by atoms with Gasteiger partial charge in [0, 0.05) is 39.1 Å². The number of halogens is 1. The van der Waals surface area contributed by atoms with Crippen LogP contribution in [0, 0.1) is 12.8 Å². The molecule has 1 rings (SSSR count). The van der Waals surface area contributed by atoms with Crippen LogP contribution >= 0.6 is 24.0 Å². The van der Waals surface area contributed by atoms with E-state index in [-0.39, 0.29) is 24.0 Å². The number of unbranched alkanes of at least 4 members (excludes halogenated alkanes) is 1. The van der Waals surface area contributed by atoms with Crippen LogP contribution in [0.1, 0.15) is 38.9 Å². The first-order valence-electron chi connectivity index (χ1n) is 7.55. The van der Waals surface area contributed by atoms with Gasteiger partial charge in [-0.3, -0.25) is 4.99 Å². The Bertz CT molecular complexity index is 401. The molecule has 6 heteroatoms. The first-order valence-corrected chi connectivity index (χ1v) is 7.55. The monoisotopic (exact) mass is 407 g/mol. The van der Waals surface area contributed by atoms with Crippen LogP contribution in [0.5, 0.6) is 0 Å². The van der Waals surface area contributed by atoms with Crippen molar-refractivity contribution in [2.75, 3.05) is 20.1 Å². The highest BCUT2D eigenvalue weighted by atomic mass is 127. The quantitative estimate of drug-likeness (QED) is 0.302. The molecule has 2 N–H and O–H groups in total. The second-order valence-electron chi connectivity index (χ2n) is 5.48. The highest BCUT2D eigenvalue weighted by Gasteiger charge is 1.99. The molecule has 0 aliphatic carbocycles. The van der Waals surface area contributed by atoms with Crippen LogP contribution in [-0.4, -0.2) is 35.6 Å². The van der Waals surface area contributed by atoms with E-state index in [1.165, 1.54) is 6.42 Å². The van der Waals surface area contributed by atoms with E-state index < -0.39 is 0 Å². The van der Waals surface area contributed by atoms with Gasteiger partial charge in [0.2, 0.25) is 0 Å². The molecule has 0 radical (unpaired) electrons. The number of aryl methyl sites for hydroxylation is 2. The van der Waals surface area contributed by atoms with Gasteiger partial charge in [0.05, 0.1) is 0 Å². The summed E-state index contributed by atoms with van der Waals surface area (Å²) in [5.74, 6) is 2.72. The molecule has 0 aliphatic rings. The maximum absolute atomic E-state index is 4.23. The Morgan fingerprint density at radius 1 is 1.29 bits per heavy atom. The van der Waals surface area contributed by atoms with Crippen molar-refractivity contribution in [1.82, 2.24) is 20.2 Å². The molecule has 1 aromatic heterocycles. The average Bonchev–Trinajstić information content (AvgIpc) is 2.81. The first-order chi connectivity index (χ1) is 9.63. The van der Waals surface area contributed by atoms with Crippen LogP contribution in [0.15, 0.2) is 17.4 Å². The van der Waals surface area contributed by atoms with Gasteiger partial charge in [0.25, 0.3) is 0 Å². The molecule has 0 saturated carbocycles. The minimum Gasteiger partial charge on any atom is -0.356 e. The van der Waals surface area contributed by atoms with Gasteiger partial charge in [-0.05, 0) is 32.1 Å². The van der Waals surface area contributed by atoms with Gasteiger partial charge in [-0.2, -0.15) is 0 Å². The minimum absolute atomic E-state index is 0. The molecular weight excluding hydrogens is 377 g/mol. The third-order valence-electron chi connectivity index (χ3n) is 3.28. The van der Waals surface area contributed by atoms with Crippen LogP contribution in [0.4, 0.5) is 0 Å². The molecular formula is C15H30IN5. The highest BCUT2D eigenvalue weighted by molar-refractivity contribution is 14.0. The van der Waals surface area contributed by atoms with E-state index in [1.54, 1.807) is 0 Å². The summed E-state index contributed by atoms with van der Waals surface area (Å²) in [4.78, 5) is 8.45. The van der Waals surface area contributed by atoms with Gasteiger partial charge >= 0.3 is 0 Å². The van der Waals surface area contributed by atoms with E-state index in [0.717, 1.165) is 50.2 Å². The number of hydrogen-bond donors (Lipinski definition) is 2. The maximum Gasteiger partial charge on any atom is 0.190 e. The fraction of sp³-hybridized carbons (Fsp3) is 0.733. The van der Waals surface area contributed by atoms with E-state index >= 15 is 0 Å². The lowest BCUT2D eigenvalue weighted by molar-refractivity contribution is 0.567. The number of aromatic nitrogens is 2. The zero-order valence-corrected chi connectivity index (χ0v) is 16.1. The maximum atomic E-state index is 4.23.